The van der Waals surface area contributed by atoms with Crippen LogP contribution in [-0.2, 0) is 26.2 Å². The van der Waals surface area contributed by atoms with E-state index in [1.54, 1.807) is 25.3 Å². The summed E-state index contributed by atoms with van der Waals surface area (Å²) in [5.74, 6) is 0. The van der Waals surface area contributed by atoms with Gasteiger partial charge < -0.3 is 14.7 Å². The van der Waals surface area contributed by atoms with E-state index in [1.165, 1.54) is 12.8 Å². The second-order valence-corrected chi connectivity index (χ2v) is 8.48. The molecule has 0 aliphatic carbocycles. The Hall–Kier alpha value is -2.26. The molecule has 1 fully saturated rings. The first-order valence-corrected chi connectivity index (χ1v) is 11.0. The second kappa shape index (κ2) is 11.7. The van der Waals surface area contributed by atoms with Gasteiger partial charge in [0, 0.05) is 20.2 Å². The van der Waals surface area contributed by atoms with E-state index >= 15 is 0 Å². The van der Waals surface area contributed by atoms with E-state index in [0.717, 1.165) is 36.3 Å². The van der Waals surface area contributed by atoms with Crippen molar-refractivity contribution < 1.29 is 23.1 Å². The highest BCUT2D eigenvalue weighted by atomic mass is 32.2. The molecule has 0 spiro atoms. The fourth-order valence-electron chi connectivity index (χ4n) is 3.23. The van der Waals surface area contributed by atoms with Crippen LogP contribution in [-0.4, -0.2) is 58.2 Å². The van der Waals surface area contributed by atoms with Gasteiger partial charge in [0.15, 0.2) is 0 Å². The largest absolute Gasteiger partial charge is 0.483 e. The molecule has 0 unspecified atom stereocenters. The van der Waals surface area contributed by atoms with Crippen LogP contribution in [0.4, 0.5) is 0 Å². The van der Waals surface area contributed by atoms with Crippen LogP contribution in [0.1, 0.15) is 18.4 Å². The highest BCUT2D eigenvalue weighted by molar-refractivity contribution is 7.89. The Morgan fingerprint density at radius 1 is 1.10 bits per heavy atom. The number of rotatable bonds is 8. The van der Waals surface area contributed by atoms with Gasteiger partial charge in [0.2, 0.25) is 10.0 Å². The van der Waals surface area contributed by atoms with Crippen LogP contribution in [0, 0.1) is 0 Å². The molecule has 0 bridgehead atoms. The number of nitrogens with one attached hydrogen (secondary N) is 1. The van der Waals surface area contributed by atoms with Crippen molar-refractivity contribution in [3.05, 3.63) is 54.1 Å². The molecule has 7 nitrogen and oxygen atoms in total. The molecule has 0 radical (unpaired) electrons. The van der Waals surface area contributed by atoms with Crippen LogP contribution in [0.2, 0.25) is 0 Å². The lowest BCUT2D eigenvalue weighted by molar-refractivity contribution is -0.122. The minimum Gasteiger partial charge on any atom is -0.483 e. The van der Waals surface area contributed by atoms with Crippen molar-refractivity contribution in [2.24, 2.45) is 0 Å². The van der Waals surface area contributed by atoms with Crippen molar-refractivity contribution in [1.82, 2.24) is 9.62 Å². The second-order valence-electron chi connectivity index (χ2n) is 6.71. The van der Waals surface area contributed by atoms with Gasteiger partial charge in [0.25, 0.3) is 6.47 Å². The summed E-state index contributed by atoms with van der Waals surface area (Å²) in [7, 11) is -1.83. The van der Waals surface area contributed by atoms with Gasteiger partial charge in [0.1, 0.15) is 0 Å². The number of carboxylic acid groups (broad SMARTS) is 1. The molecule has 0 aromatic heterocycles. The number of methoxy groups -OCH3 is 1. The number of hydrogen-bond acceptors (Lipinski definition) is 5. The van der Waals surface area contributed by atoms with Gasteiger partial charge in [0.05, 0.1) is 11.5 Å². The number of nitrogens with zero attached hydrogens (tertiary/aromatic N) is 1. The van der Waals surface area contributed by atoms with Crippen molar-refractivity contribution in [2.45, 2.75) is 24.3 Å². The van der Waals surface area contributed by atoms with Gasteiger partial charge in [-0.3, -0.25) is 4.79 Å². The van der Waals surface area contributed by atoms with Gasteiger partial charge in [-0.25, -0.2) is 13.1 Å². The van der Waals surface area contributed by atoms with Gasteiger partial charge in [-0.1, -0.05) is 36.4 Å². The topological polar surface area (TPSA) is 95.9 Å². The van der Waals surface area contributed by atoms with Gasteiger partial charge in [-0.15, -0.1) is 0 Å². The van der Waals surface area contributed by atoms with Crippen molar-refractivity contribution in [2.75, 3.05) is 33.3 Å². The van der Waals surface area contributed by atoms with E-state index in [0.29, 0.717) is 18.0 Å². The summed E-state index contributed by atoms with van der Waals surface area (Å²) >= 11 is 0. The van der Waals surface area contributed by atoms with Crippen LogP contribution in [0.3, 0.4) is 0 Å². The molecule has 8 heteroatoms. The fourth-order valence-corrected chi connectivity index (χ4v) is 4.30. The number of carbonyl (C=O) groups is 1. The van der Waals surface area contributed by atoms with E-state index < -0.39 is 10.0 Å². The lowest BCUT2D eigenvalue weighted by atomic mass is 10.0. The van der Waals surface area contributed by atoms with E-state index in [1.807, 2.05) is 30.3 Å². The molecular formula is C21H28N2O5S. The molecule has 1 heterocycles. The Bertz CT molecular complexity index is 863. The lowest BCUT2D eigenvalue weighted by Gasteiger charge is -2.15. The Labute approximate surface area is 172 Å². The summed E-state index contributed by atoms with van der Waals surface area (Å²) in [4.78, 5) is 11.0. The van der Waals surface area contributed by atoms with E-state index in [4.69, 9.17) is 14.6 Å². The lowest BCUT2D eigenvalue weighted by Crippen LogP contribution is -2.33. The first-order chi connectivity index (χ1) is 14.0. The predicted octanol–water partition coefficient (Wildman–Crippen LogP) is 2.57. The zero-order valence-corrected chi connectivity index (χ0v) is 17.4. The zero-order chi connectivity index (χ0) is 21.1. The highest BCUT2D eigenvalue weighted by Gasteiger charge is 2.16. The molecule has 3 rings (SSSR count). The zero-order valence-electron chi connectivity index (χ0n) is 16.6. The minimum atomic E-state index is -3.50. The third kappa shape index (κ3) is 7.25. The van der Waals surface area contributed by atoms with Crippen LogP contribution in [0.15, 0.2) is 53.4 Å². The molecule has 1 saturated heterocycles. The highest BCUT2D eigenvalue weighted by Crippen LogP contribution is 2.23. The maximum Gasteiger partial charge on any atom is 0.290 e. The molecule has 29 heavy (non-hydrogen) atoms. The third-order valence-corrected chi connectivity index (χ3v) is 6.12. The number of likely N-dealkylation sites (tertiary alicyclic amines) is 1. The van der Waals surface area contributed by atoms with Crippen molar-refractivity contribution in [3.8, 4) is 11.1 Å². The first kappa shape index (κ1) is 23.0. The maximum atomic E-state index is 12.6. The summed E-state index contributed by atoms with van der Waals surface area (Å²) in [6.45, 7) is 3.65. The monoisotopic (exact) mass is 420 g/mol. The fraction of sp³-hybridized carbons (Fsp3) is 0.381. The van der Waals surface area contributed by atoms with Crippen LogP contribution in [0.5, 0.6) is 0 Å². The average Bonchev–Trinajstić information content (AvgIpc) is 3.23. The van der Waals surface area contributed by atoms with E-state index in [9.17, 15) is 8.42 Å². The molecule has 0 saturated carbocycles. The molecule has 1 aliphatic heterocycles. The molecule has 2 aromatic carbocycles. The summed E-state index contributed by atoms with van der Waals surface area (Å²) in [6, 6.07) is 15.0. The molecule has 2 aromatic rings. The number of sulfonamides is 1. The molecule has 2 N–H and O–H groups in total. The normalized spacial score (nSPS) is 14.2. The van der Waals surface area contributed by atoms with Gasteiger partial charge in [-0.2, -0.15) is 0 Å². The Balaban J connectivity index is 0.000000941. The van der Waals surface area contributed by atoms with Crippen LogP contribution in [0.25, 0.3) is 11.1 Å². The number of hydrogen-bond donors (Lipinski definition) is 2. The van der Waals surface area contributed by atoms with Gasteiger partial charge in [-0.05, 0) is 54.8 Å². The summed E-state index contributed by atoms with van der Waals surface area (Å²) in [6.07, 6.45) is 2.41. The predicted molar refractivity (Wildman–Crippen MR) is 112 cm³/mol. The minimum absolute atomic E-state index is 0.250. The Kier molecular flexibility index (Phi) is 9.27. The number of ether oxygens (including phenoxy) is 1. The molecule has 1 aliphatic rings. The van der Waals surface area contributed by atoms with Crippen molar-refractivity contribution >= 4 is 16.5 Å². The number of benzene rings is 2. The Morgan fingerprint density at radius 3 is 2.38 bits per heavy atom. The summed E-state index contributed by atoms with van der Waals surface area (Å²) < 4.78 is 33.0. The van der Waals surface area contributed by atoms with Crippen LogP contribution >= 0.6 is 0 Å². The third-order valence-electron chi connectivity index (χ3n) is 4.66. The van der Waals surface area contributed by atoms with E-state index in [-0.39, 0.29) is 6.47 Å². The maximum absolute atomic E-state index is 12.6. The van der Waals surface area contributed by atoms with Crippen molar-refractivity contribution in [1.29, 1.82) is 0 Å². The SMILES string of the molecule is COCc1ccc(-c2cccc(S(=O)(=O)NCCN3CCCC3)c2)cc1.O=CO. The van der Waals surface area contributed by atoms with Gasteiger partial charge >= 0.3 is 0 Å². The van der Waals surface area contributed by atoms with Crippen molar-refractivity contribution in [3.63, 3.8) is 0 Å². The Morgan fingerprint density at radius 2 is 1.76 bits per heavy atom. The molecular weight excluding hydrogens is 392 g/mol. The molecule has 0 amide bonds. The van der Waals surface area contributed by atoms with Crippen LogP contribution < -0.4 is 4.72 Å². The molecule has 0 atom stereocenters. The smallest absolute Gasteiger partial charge is 0.290 e. The molecule has 158 valence electrons. The standard InChI is InChI=1S/C20H26N2O3S.CH2O2/c1-25-16-17-7-9-18(10-8-17)19-5-4-6-20(15-19)26(23,24)21-11-14-22-12-2-3-13-22;2-1-3/h4-10,15,21H,2-3,11-14,16H2,1H3;1H,(H,2,3). The first-order valence-electron chi connectivity index (χ1n) is 9.48. The van der Waals surface area contributed by atoms with E-state index in [2.05, 4.69) is 9.62 Å². The quantitative estimate of drug-likeness (QED) is 0.638. The average molecular weight is 421 g/mol. The summed E-state index contributed by atoms with van der Waals surface area (Å²) in [5.41, 5.74) is 2.96. The summed E-state index contributed by atoms with van der Waals surface area (Å²) in [5, 5.41) is 6.89.